The van der Waals surface area contributed by atoms with E-state index in [9.17, 15) is 4.79 Å². The second-order valence-electron chi connectivity index (χ2n) is 5.11. The molecule has 6 nitrogen and oxygen atoms in total. The van der Waals surface area contributed by atoms with Crippen LogP contribution in [0.2, 0.25) is 5.02 Å². The van der Waals surface area contributed by atoms with Crippen molar-refractivity contribution in [2.45, 2.75) is 6.10 Å². The Kier molecular flexibility index (Phi) is 3.87. The molecule has 1 unspecified atom stereocenters. The number of rotatable bonds is 3. The van der Waals surface area contributed by atoms with E-state index in [4.69, 9.17) is 21.1 Å². The molecule has 0 radical (unpaired) electrons. The summed E-state index contributed by atoms with van der Waals surface area (Å²) in [6, 6.07) is 12.7. The van der Waals surface area contributed by atoms with E-state index < -0.39 is 6.10 Å². The first-order valence-electron chi connectivity index (χ1n) is 7.19. The number of amides is 1. The fraction of sp³-hybridized carbons (Fsp3) is 0.125. The molecule has 3 aromatic rings. The number of halogens is 1. The van der Waals surface area contributed by atoms with Crippen molar-refractivity contribution in [1.29, 1.82) is 0 Å². The van der Waals surface area contributed by atoms with Gasteiger partial charge in [-0.25, -0.2) is 4.98 Å². The number of hydrogen-bond acceptors (Lipinski definition) is 6. The molecule has 4 rings (SSSR count). The summed E-state index contributed by atoms with van der Waals surface area (Å²) in [6.45, 7) is 0.153. The first-order chi connectivity index (χ1) is 11.7. The van der Waals surface area contributed by atoms with Crippen LogP contribution in [0.5, 0.6) is 11.5 Å². The van der Waals surface area contributed by atoms with Crippen LogP contribution in [0.4, 0.5) is 5.13 Å². The fourth-order valence-corrected chi connectivity index (χ4v) is 3.39. The highest BCUT2D eigenvalue weighted by atomic mass is 35.5. The predicted octanol–water partition coefficient (Wildman–Crippen LogP) is 3.23. The van der Waals surface area contributed by atoms with Gasteiger partial charge in [0.15, 0.2) is 11.5 Å². The topological polar surface area (TPSA) is 72.5 Å². The maximum atomic E-state index is 12.2. The molecular weight excluding hydrogens is 350 g/mol. The van der Waals surface area contributed by atoms with E-state index in [0.717, 1.165) is 10.2 Å². The number of nitrogens with zero attached hydrogens (tertiary/aromatic N) is 1. The number of para-hydroxylation sites is 2. The summed E-state index contributed by atoms with van der Waals surface area (Å²) < 4.78 is 12.1. The number of aromatic nitrogens is 1. The third-order valence-corrected chi connectivity index (χ3v) is 4.61. The van der Waals surface area contributed by atoms with Gasteiger partial charge >= 0.3 is 0 Å². The largest absolute Gasteiger partial charge is 0.485 e. The predicted molar refractivity (Wildman–Crippen MR) is 92.7 cm³/mol. The van der Waals surface area contributed by atoms with Gasteiger partial charge in [-0.2, -0.15) is 0 Å². The standard InChI is InChI=1S/C16H12ClN3O3S/c17-9-5-6-10-14(7-9)24-16(18-10)20-19-15(21)13-8-22-11-3-1-2-4-12(11)23-13/h1-7,13H,8H2,(H,18,20)(H,19,21). The van der Waals surface area contributed by atoms with Crippen molar-refractivity contribution in [1.82, 2.24) is 10.4 Å². The molecule has 0 aliphatic carbocycles. The highest BCUT2D eigenvalue weighted by Gasteiger charge is 2.27. The number of hydrogen-bond donors (Lipinski definition) is 2. The van der Waals surface area contributed by atoms with Gasteiger partial charge in [-0.1, -0.05) is 35.1 Å². The SMILES string of the molecule is O=C(NNc1nc2ccc(Cl)cc2s1)C1COc2ccccc2O1. The van der Waals surface area contributed by atoms with Gasteiger partial charge in [0.25, 0.3) is 5.91 Å². The Morgan fingerprint density at radius 1 is 1.25 bits per heavy atom. The van der Waals surface area contributed by atoms with Crippen LogP contribution in [0.25, 0.3) is 10.2 Å². The maximum Gasteiger partial charge on any atom is 0.283 e. The van der Waals surface area contributed by atoms with E-state index in [0.29, 0.717) is 21.7 Å². The van der Waals surface area contributed by atoms with Gasteiger partial charge in [0.2, 0.25) is 11.2 Å². The second-order valence-corrected chi connectivity index (χ2v) is 6.58. The molecule has 1 aliphatic heterocycles. The molecule has 0 bridgehead atoms. The third-order valence-electron chi connectivity index (χ3n) is 3.44. The molecule has 0 saturated heterocycles. The van der Waals surface area contributed by atoms with Gasteiger partial charge in [0.1, 0.15) is 6.61 Å². The molecule has 2 aromatic carbocycles. The number of carbonyl (C=O) groups is 1. The molecule has 1 aromatic heterocycles. The van der Waals surface area contributed by atoms with Crippen LogP contribution in [0.15, 0.2) is 42.5 Å². The van der Waals surface area contributed by atoms with Crippen LogP contribution < -0.4 is 20.3 Å². The number of nitrogens with one attached hydrogen (secondary N) is 2. The lowest BCUT2D eigenvalue weighted by atomic mass is 10.2. The van der Waals surface area contributed by atoms with Crippen LogP contribution in [-0.4, -0.2) is 23.6 Å². The summed E-state index contributed by atoms with van der Waals surface area (Å²) in [6.07, 6.45) is -0.726. The molecule has 1 amide bonds. The number of anilines is 1. The van der Waals surface area contributed by atoms with Gasteiger partial charge < -0.3 is 9.47 Å². The summed E-state index contributed by atoms with van der Waals surface area (Å²) in [5.74, 6) is 0.859. The molecular formula is C16H12ClN3O3S. The molecule has 24 heavy (non-hydrogen) atoms. The number of carbonyl (C=O) groups excluding carboxylic acids is 1. The van der Waals surface area contributed by atoms with Crippen molar-refractivity contribution in [2.75, 3.05) is 12.0 Å². The molecule has 122 valence electrons. The molecule has 0 fully saturated rings. The molecule has 2 N–H and O–H groups in total. The first kappa shape index (κ1) is 15.0. The number of benzene rings is 2. The van der Waals surface area contributed by atoms with Crippen LogP contribution in [-0.2, 0) is 4.79 Å². The van der Waals surface area contributed by atoms with Crippen molar-refractivity contribution >= 4 is 44.2 Å². The third kappa shape index (κ3) is 2.95. The van der Waals surface area contributed by atoms with Gasteiger partial charge in [0, 0.05) is 5.02 Å². The lowest BCUT2D eigenvalue weighted by Gasteiger charge is -2.25. The van der Waals surface area contributed by atoms with Crippen molar-refractivity contribution in [3.8, 4) is 11.5 Å². The minimum absolute atomic E-state index is 0.153. The van der Waals surface area contributed by atoms with Crippen LogP contribution >= 0.6 is 22.9 Å². The number of thiazole rings is 1. The summed E-state index contributed by atoms with van der Waals surface area (Å²) in [5.41, 5.74) is 6.21. The number of hydrazine groups is 1. The van der Waals surface area contributed by atoms with Gasteiger partial charge in [-0.15, -0.1) is 0 Å². The Hall–Kier alpha value is -2.51. The van der Waals surface area contributed by atoms with Gasteiger partial charge in [0.05, 0.1) is 10.2 Å². The average molecular weight is 362 g/mol. The average Bonchev–Trinajstić information content (AvgIpc) is 3.01. The summed E-state index contributed by atoms with van der Waals surface area (Å²) in [7, 11) is 0. The van der Waals surface area contributed by atoms with Crippen LogP contribution in [0.3, 0.4) is 0 Å². The Morgan fingerprint density at radius 3 is 2.96 bits per heavy atom. The van der Waals surface area contributed by atoms with Crippen LogP contribution in [0.1, 0.15) is 0 Å². The maximum absolute atomic E-state index is 12.2. The summed E-state index contributed by atoms with van der Waals surface area (Å²) in [4.78, 5) is 16.6. The van der Waals surface area contributed by atoms with Crippen molar-refractivity contribution in [3.05, 3.63) is 47.5 Å². The van der Waals surface area contributed by atoms with Crippen molar-refractivity contribution in [3.63, 3.8) is 0 Å². The Morgan fingerprint density at radius 2 is 2.08 bits per heavy atom. The molecule has 1 atom stereocenters. The molecule has 8 heteroatoms. The normalized spacial score (nSPS) is 16.0. The second kappa shape index (κ2) is 6.18. The monoisotopic (exact) mass is 361 g/mol. The van der Waals surface area contributed by atoms with E-state index in [1.54, 1.807) is 18.2 Å². The molecule has 0 spiro atoms. The van der Waals surface area contributed by atoms with Crippen molar-refractivity contribution in [2.24, 2.45) is 0 Å². The fourth-order valence-electron chi connectivity index (χ4n) is 2.30. The van der Waals surface area contributed by atoms with E-state index in [-0.39, 0.29) is 12.5 Å². The van der Waals surface area contributed by atoms with Crippen LogP contribution in [0, 0.1) is 0 Å². The first-order valence-corrected chi connectivity index (χ1v) is 8.39. The Bertz CT molecular complexity index is 914. The minimum Gasteiger partial charge on any atom is -0.485 e. The molecule has 0 saturated carbocycles. The summed E-state index contributed by atoms with van der Waals surface area (Å²) >= 11 is 7.35. The minimum atomic E-state index is -0.726. The zero-order chi connectivity index (χ0) is 16.5. The zero-order valence-electron chi connectivity index (χ0n) is 12.3. The highest BCUT2D eigenvalue weighted by Crippen LogP contribution is 2.31. The van der Waals surface area contributed by atoms with Crippen molar-refractivity contribution < 1.29 is 14.3 Å². The van der Waals surface area contributed by atoms with Gasteiger partial charge in [-0.05, 0) is 30.3 Å². The number of fused-ring (bicyclic) bond motifs is 2. The summed E-state index contributed by atoms with van der Waals surface area (Å²) in [5, 5.41) is 1.21. The van der Waals surface area contributed by atoms with E-state index in [1.165, 1.54) is 11.3 Å². The Labute approximate surface area is 146 Å². The highest BCUT2D eigenvalue weighted by molar-refractivity contribution is 7.22. The smallest absolute Gasteiger partial charge is 0.283 e. The Balaban J connectivity index is 1.41. The van der Waals surface area contributed by atoms with Gasteiger partial charge in [-0.3, -0.25) is 15.6 Å². The van der Waals surface area contributed by atoms with E-state index in [2.05, 4.69) is 15.8 Å². The molecule has 1 aliphatic rings. The lowest BCUT2D eigenvalue weighted by Crippen LogP contribution is -2.45. The number of ether oxygens (including phenoxy) is 2. The van der Waals surface area contributed by atoms with E-state index in [1.807, 2.05) is 24.3 Å². The zero-order valence-corrected chi connectivity index (χ0v) is 13.9. The lowest BCUT2D eigenvalue weighted by molar-refractivity contribution is -0.129. The van der Waals surface area contributed by atoms with E-state index >= 15 is 0 Å². The quantitative estimate of drug-likeness (QED) is 0.701. The molecule has 2 heterocycles.